The normalized spacial score (nSPS) is 12.9. The van der Waals surface area contributed by atoms with Crippen LogP contribution in [0.15, 0.2) is 47.3 Å². The van der Waals surface area contributed by atoms with Crippen LogP contribution >= 0.6 is 11.3 Å². The summed E-state index contributed by atoms with van der Waals surface area (Å²) < 4.78 is 25.7. The molecule has 1 unspecified atom stereocenters. The second-order valence-electron chi connectivity index (χ2n) is 7.88. The van der Waals surface area contributed by atoms with Crippen molar-refractivity contribution in [3.8, 4) is 11.5 Å². The predicted molar refractivity (Wildman–Crippen MR) is 134 cm³/mol. The number of Topliss-reactive ketones (excluding diaryl/α,β-unsaturated/α-hetero) is 1. The molecular formula is C26H27FN2O5S. The fourth-order valence-electron chi connectivity index (χ4n) is 3.21. The van der Waals surface area contributed by atoms with Crippen molar-refractivity contribution in [1.82, 2.24) is 9.88 Å². The van der Waals surface area contributed by atoms with Crippen LogP contribution in [-0.4, -0.2) is 36.5 Å². The number of ether oxygens (including phenoxy) is 2. The summed E-state index contributed by atoms with van der Waals surface area (Å²) in [6.07, 6.45) is 3.66. The molecule has 0 spiro atoms. The van der Waals surface area contributed by atoms with Gasteiger partial charge in [0, 0.05) is 23.7 Å². The van der Waals surface area contributed by atoms with Crippen LogP contribution < -0.4 is 29.5 Å². The average Bonchev–Trinajstić information content (AvgIpc) is 3.13. The molecular weight excluding hydrogens is 471 g/mol. The number of halogens is 1. The maximum absolute atomic E-state index is 13.3. The van der Waals surface area contributed by atoms with Crippen molar-refractivity contribution >= 4 is 35.2 Å². The van der Waals surface area contributed by atoms with Gasteiger partial charge in [-0.1, -0.05) is 19.1 Å². The number of hydrogen-bond acceptors (Lipinski definition) is 6. The topological polar surface area (TPSA) is 86.6 Å². The molecule has 3 aromatic rings. The van der Waals surface area contributed by atoms with E-state index in [9.17, 15) is 18.8 Å². The lowest BCUT2D eigenvalue weighted by Crippen LogP contribution is -2.40. The molecule has 1 N–H and O–H groups in total. The number of carbonyl (C=O) groups excluding carboxylic acids is 2. The van der Waals surface area contributed by atoms with Crippen molar-refractivity contribution in [2.75, 3.05) is 14.2 Å². The lowest BCUT2D eigenvalue weighted by atomic mass is 10.1. The number of thiazole rings is 1. The summed E-state index contributed by atoms with van der Waals surface area (Å²) in [6.45, 7) is 3.57. The van der Waals surface area contributed by atoms with Crippen LogP contribution in [0.4, 0.5) is 4.39 Å². The smallest absolute Gasteiger partial charge is 0.269 e. The summed E-state index contributed by atoms with van der Waals surface area (Å²) in [5.41, 5.74) is 0.513. The molecule has 0 fully saturated rings. The van der Waals surface area contributed by atoms with Crippen LogP contribution in [-0.2, 0) is 11.3 Å². The summed E-state index contributed by atoms with van der Waals surface area (Å²) in [5, 5.41) is 2.84. The highest BCUT2D eigenvalue weighted by Gasteiger charge is 2.14. The highest BCUT2D eigenvalue weighted by molar-refractivity contribution is 7.07. The van der Waals surface area contributed by atoms with Crippen LogP contribution in [0.25, 0.3) is 12.2 Å². The van der Waals surface area contributed by atoms with Gasteiger partial charge in [-0.3, -0.25) is 19.0 Å². The van der Waals surface area contributed by atoms with Crippen LogP contribution in [0.5, 0.6) is 11.5 Å². The molecule has 0 aliphatic carbocycles. The Hall–Kier alpha value is -3.72. The minimum atomic E-state index is -0.416. The molecule has 0 radical (unpaired) electrons. The Kier molecular flexibility index (Phi) is 8.59. The first-order valence-corrected chi connectivity index (χ1v) is 11.8. The largest absolute Gasteiger partial charge is 0.497 e. The van der Waals surface area contributed by atoms with Crippen molar-refractivity contribution < 1.29 is 23.5 Å². The Morgan fingerprint density at radius 1 is 1.11 bits per heavy atom. The van der Waals surface area contributed by atoms with Crippen molar-refractivity contribution in [2.24, 2.45) is 0 Å². The Morgan fingerprint density at radius 2 is 1.74 bits per heavy atom. The average molecular weight is 499 g/mol. The van der Waals surface area contributed by atoms with Crippen LogP contribution in [0.2, 0.25) is 0 Å². The van der Waals surface area contributed by atoms with Gasteiger partial charge in [-0.15, -0.1) is 11.3 Å². The molecule has 1 amide bonds. The minimum Gasteiger partial charge on any atom is -0.497 e. The zero-order valence-electron chi connectivity index (χ0n) is 20.0. The molecule has 2 aromatic carbocycles. The molecule has 1 aromatic heterocycles. The third kappa shape index (κ3) is 6.66. The molecule has 35 heavy (non-hydrogen) atoms. The number of nitrogens with zero attached hydrogens (tertiary/aromatic N) is 1. The Balaban J connectivity index is 2.11. The highest BCUT2D eigenvalue weighted by atomic mass is 32.1. The SMILES string of the molecule is CCC(C)NC(=O)Cn1c(=O)/c(=C\c2ccc(F)cc2)s/c1=C\C(=O)c1cc(OC)cc(OC)c1. The molecule has 3 rings (SSSR count). The monoisotopic (exact) mass is 498 g/mol. The van der Waals surface area contributed by atoms with Crippen molar-refractivity contribution in [3.63, 3.8) is 0 Å². The molecule has 0 saturated carbocycles. The van der Waals surface area contributed by atoms with E-state index in [0.717, 1.165) is 17.8 Å². The zero-order chi connectivity index (χ0) is 25.5. The fourth-order valence-corrected chi connectivity index (χ4v) is 4.26. The predicted octanol–water partition coefficient (Wildman–Crippen LogP) is 2.47. The van der Waals surface area contributed by atoms with Gasteiger partial charge in [-0.05, 0) is 49.2 Å². The van der Waals surface area contributed by atoms with Crippen LogP contribution in [0.1, 0.15) is 36.2 Å². The van der Waals surface area contributed by atoms with E-state index < -0.39 is 5.56 Å². The first-order valence-electron chi connectivity index (χ1n) is 11.0. The van der Waals surface area contributed by atoms with Crippen molar-refractivity contribution in [1.29, 1.82) is 0 Å². The maximum Gasteiger partial charge on any atom is 0.269 e. The number of benzene rings is 2. The van der Waals surface area contributed by atoms with E-state index in [1.807, 2.05) is 13.8 Å². The standard InChI is InChI=1S/C26H27FN2O5S/c1-5-16(2)28-24(31)15-29-25(14-22(30)18-11-20(33-3)13-21(12-18)34-4)35-23(26(29)32)10-17-6-8-19(27)9-7-17/h6-14,16H,5,15H2,1-4H3,(H,28,31)/b23-10+,25-14-. The summed E-state index contributed by atoms with van der Waals surface area (Å²) in [7, 11) is 2.97. The highest BCUT2D eigenvalue weighted by Crippen LogP contribution is 2.23. The first-order chi connectivity index (χ1) is 16.7. The number of nitrogens with one attached hydrogen (secondary N) is 1. The first kappa shape index (κ1) is 25.9. The van der Waals surface area contributed by atoms with Gasteiger partial charge in [-0.2, -0.15) is 0 Å². The van der Waals surface area contributed by atoms with Gasteiger partial charge in [0.25, 0.3) is 5.56 Å². The Bertz CT molecular complexity index is 1370. The maximum atomic E-state index is 13.3. The van der Waals surface area contributed by atoms with E-state index in [2.05, 4.69) is 5.32 Å². The summed E-state index contributed by atoms with van der Waals surface area (Å²) in [6, 6.07) is 10.4. The number of amides is 1. The van der Waals surface area contributed by atoms with E-state index >= 15 is 0 Å². The van der Waals surface area contributed by atoms with Gasteiger partial charge in [-0.25, -0.2) is 4.39 Å². The van der Waals surface area contributed by atoms with Crippen molar-refractivity contribution in [3.05, 3.63) is 79.0 Å². The van der Waals surface area contributed by atoms with E-state index in [1.165, 1.54) is 37.0 Å². The molecule has 0 aliphatic rings. The number of methoxy groups -OCH3 is 2. The number of carbonyl (C=O) groups is 2. The van der Waals surface area contributed by atoms with Gasteiger partial charge >= 0.3 is 0 Å². The number of ketones is 1. The quantitative estimate of drug-likeness (QED) is 0.458. The van der Waals surface area contributed by atoms with E-state index in [0.29, 0.717) is 31.8 Å². The lowest BCUT2D eigenvalue weighted by molar-refractivity contribution is -0.122. The third-order valence-corrected chi connectivity index (χ3v) is 6.38. The molecule has 1 heterocycles. The summed E-state index contributed by atoms with van der Waals surface area (Å²) in [5.74, 6) is -0.211. The fraction of sp³-hybridized carbons (Fsp3) is 0.269. The second-order valence-corrected chi connectivity index (χ2v) is 8.94. The third-order valence-electron chi connectivity index (χ3n) is 5.32. The molecule has 0 saturated heterocycles. The number of hydrogen-bond donors (Lipinski definition) is 1. The van der Waals surface area contributed by atoms with Crippen LogP contribution in [0.3, 0.4) is 0 Å². The van der Waals surface area contributed by atoms with Gasteiger partial charge in [0.1, 0.15) is 28.5 Å². The van der Waals surface area contributed by atoms with Crippen LogP contribution in [0, 0.1) is 5.82 Å². The van der Waals surface area contributed by atoms with Gasteiger partial charge in [0.05, 0.1) is 18.8 Å². The second kappa shape index (κ2) is 11.6. The molecule has 0 aliphatic heterocycles. The Labute approximate surface area is 206 Å². The molecule has 7 nitrogen and oxygen atoms in total. The minimum absolute atomic E-state index is 0.0552. The van der Waals surface area contributed by atoms with E-state index in [-0.39, 0.29) is 30.1 Å². The molecule has 184 valence electrons. The molecule has 1 atom stereocenters. The summed E-state index contributed by atoms with van der Waals surface area (Å²) >= 11 is 1.08. The number of aromatic nitrogens is 1. The zero-order valence-corrected chi connectivity index (χ0v) is 20.8. The van der Waals surface area contributed by atoms with E-state index in [1.54, 1.807) is 36.4 Å². The van der Waals surface area contributed by atoms with Gasteiger partial charge in [0.15, 0.2) is 5.78 Å². The van der Waals surface area contributed by atoms with Crippen molar-refractivity contribution in [2.45, 2.75) is 32.9 Å². The van der Waals surface area contributed by atoms with Gasteiger partial charge in [0.2, 0.25) is 5.91 Å². The molecule has 0 bridgehead atoms. The Morgan fingerprint density at radius 3 is 2.31 bits per heavy atom. The van der Waals surface area contributed by atoms with Gasteiger partial charge < -0.3 is 14.8 Å². The van der Waals surface area contributed by atoms with E-state index in [4.69, 9.17) is 9.47 Å². The molecule has 9 heteroatoms. The number of rotatable bonds is 9. The lowest BCUT2D eigenvalue weighted by Gasteiger charge is -2.11. The summed E-state index contributed by atoms with van der Waals surface area (Å²) in [4.78, 5) is 38.9.